The van der Waals surface area contributed by atoms with E-state index in [9.17, 15) is 9.90 Å². The number of carbonyl (C=O) groups is 1. The fourth-order valence-corrected chi connectivity index (χ4v) is 3.17. The van der Waals surface area contributed by atoms with Crippen molar-refractivity contribution in [1.82, 2.24) is 10.2 Å². The van der Waals surface area contributed by atoms with Crippen molar-refractivity contribution >= 4 is 21.8 Å². The lowest BCUT2D eigenvalue weighted by atomic mass is 10.1. The zero-order valence-electron chi connectivity index (χ0n) is 16.5. The summed E-state index contributed by atoms with van der Waals surface area (Å²) in [6, 6.07) is 10.8. The van der Waals surface area contributed by atoms with Gasteiger partial charge in [0.05, 0.1) is 19.8 Å². The molecule has 0 heterocycles. The lowest BCUT2D eigenvalue weighted by Crippen LogP contribution is -2.29. The van der Waals surface area contributed by atoms with Crippen molar-refractivity contribution in [1.29, 1.82) is 0 Å². The predicted octanol–water partition coefficient (Wildman–Crippen LogP) is 3.47. The van der Waals surface area contributed by atoms with E-state index in [0.29, 0.717) is 6.54 Å². The molecule has 0 aliphatic carbocycles. The van der Waals surface area contributed by atoms with Crippen molar-refractivity contribution in [3.63, 3.8) is 0 Å². The number of benzene rings is 2. The van der Waals surface area contributed by atoms with Crippen LogP contribution >= 0.6 is 15.9 Å². The van der Waals surface area contributed by atoms with Crippen molar-refractivity contribution in [3.05, 3.63) is 52.0 Å². The Bertz CT molecular complexity index is 798. The monoisotopic (exact) mass is 450 g/mol. The van der Waals surface area contributed by atoms with Crippen LogP contribution < -0.4 is 14.8 Å². The number of halogens is 1. The smallest absolute Gasteiger partial charge is 0.255 e. The third kappa shape index (κ3) is 6.42. The second-order valence-corrected chi connectivity index (χ2v) is 7.43. The van der Waals surface area contributed by atoms with Crippen LogP contribution in [-0.2, 0) is 6.42 Å². The number of aromatic hydroxyl groups is 1. The predicted molar refractivity (Wildman–Crippen MR) is 114 cm³/mol. The maximum absolute atomic E-state index is 12.2. The third-order valence-corrected chi connectivity index (χ3v) is 4.93. The first-order valence-corrected chi connectivity index (χ1v) is 9.90. The van der Waals surface area contributed by atoms with Crippen LogP contribution in [-0.4, -0.2) is 56.8 Å². The van der Waals surface area contributed by atoms with E-state index in [1.165, 1.54) is 11.6 Å². The van der Waals surface area contributed by atoms with Crippen LogP contribution in [0.2, 0.25) is 0 Å². The van der Waals surface area contributed by atoms with E-state index in [-0.39, 0.29) is 17.2 Å². The molecule has 0 saturated heterocycles. The zero-order valence-corrected chi connectivity index (χ0v) is 18.1. The molecule has 7 heteroatoms. The Morgan fingerprint density at radius 2 is 1.86 bits per heavy atom. The molecule has 0 saturated carbocycles. The highest BCUT2D eigenvalue weighted by Crippen LogP contribution is 2.27. The third-order valence-electron chi connectivity index (χ3n) is 4.44. The minimum Gasteiger partial charge on any atom is -0.507 e. The van der Waals surface area contributed by atoms with E-state index in [1.807, 2.05) is 18.2 Å². The molecule has 1 amide bonds. The van der Waals surface area contributed by atoms with Gasteiger partial charge < -0.3 is 24.8 Å². The zero-order chi connectivity index (χ0) is 20.5. The molecular formula is C21H27BrN2O4. The second-order valence-electron chi connectivity index (χ2n) is 6.51. The number of phenolic OH excluding ortho intramolecular Hbond substituents is 1. The van der Waals surface area contributed by atoms with Gasteiger partial charge in [-0.15, -0.1) is 0 Å². The summed E-state index contributed by atoms with van der Waals surface area (Å²) in [6.45, 7) is 2.30. The minimum absolute atomic E-state index is 0.0206. The molecular weight excluding hydrogens is 424 g/mol. The van der Waals surface area contributed by atoms with Gasteiger partial charge in [0, 0.05) is 17.6 Å². The number of hydrogen-bond acceptors (Lipinski definition) is 5. The Kier molecular flexibility index (Phi) is 8.60. The highest BCUT2D eigenvalue weighted by atomic mass is 79.9. The molecule has 2 aromatic carbocycles. The van der Waals surface area contributed by atoms with Gasteiger partial charge in [0.1, 0.15) is 5.75 Å². The lowest BCUT2D eigenvalue weighted by Gasteiger charge is -2.17. The second kappa shape index (κ2) is 10.9. The molecule has 0 bridgehead atoms. The van der Waals surface area contributed by atoms with E-state index in [2.05, 4.69) is 33.2 Å². The Balaban J connectivity index is 1.72. The maximum Gasteiger partial charge on any atom is 0.255 e. The van der Waals surface area contributed by atoms with Gasteiger partial charge in [0.2, 0.25) is 0 Å². The van der Waals surface area contributed by atoms with Crippen LogP contribution in [0.25, 0.3) is 0 Å². The summed E-state index contributed by atoms with van der Waals surface area (Å²) < 4.78 is 11.4. The molecule has 0 aliphatic rings. The van der Waals surface area contributed by atoms with Crippen molar-refractivity contribution in [2.24, 2.45) is 0 Å². The molecule has 0 atom stereocenters. The average molecular weight is 451 g/mol. The summed E-state index contributed by atoms with van der Waals surface area (Å²) in [5, 5.41) is 12.6. The molecule has 0 spiro atoms. The number of hydrogen-bond donors (Lipinski definition) is 2. The molecule has 2 rings (SSSR count). The Morgan fingerprint density at radius 3 is 2.57 bits per heavy atom. The van der Waals surface area contributed by atoms with Gasteiger partial charge in [-0.2, -0.15) is 0 Å². The standard InChI is InChI=1S/C21H27BrN2O4/c1-24(12-9-15-5-8-19(27-2)20(13-15)28-3)11-4-10-23-21(26)17-14-16(22)6-7-18(17)25/h5-8,13-14,25H,4,9-12H2,1-3H3,(H,23,26). The quantitative estimate of drug-likeness (QED) is 0.542. The SMILES string of the molecule is COc1ccc(CCN(C)CCCNC(=O)c2cc(Br)ccc2O)cc1OC. The number of nitrogens with zero attached hydrogens (tertiary/aromatic N) is 1. The van der Waals surface area contributed by atoms with Crippen molar-refractivity contribution in [2.45, 2.75) is 12.8 Å². The normalized spacial score (nSPS) is 10.8. The first-order chi connectivity index (χ1) is 13.4. The van der Waals surface area contributed by atoms with Gasteiger partial charge in [-0.3, -0.25) is 4.79 Å². The molecule has 28 heavy (non-hydrogen) atoms. The topological polar surface area (TPSA) is 71.0 Å². The number of carbonyl (C=O) groups excluding carboxylic acids is 1. The van der Waals surface area contributed by atoms with E-state index in [0.717, 1.165) is 41.9 Å². The van der Waals surface area contributed by atoms with Gasteiger partial charge in [0.25, 0.3) is 5.91 Å². The van der Waals surface area contributed by atoms with E-state index in [1.54, 1.807) is 26.4 Å². The number of amides is 1. The first kappa shape index (κ1) is 22.0. The molecule has 0 aliphatic heterocycles. The largest absolute Gasteiger partial charge is 0.507 e. The van der Waals surface area contributed by atoms with Gasteiger partial charge in [-0.1, -0.05) is 22.0 Å². The summed E-state index contributed by atoms with van der Waals surface area (Å²) in [6.07, 6.45) is 1.72. The van der Waals surface area contributed by atoms with Crippen molar-refractivity contribution < 1.29 is 19.4 Å². The van der Waals surface area contributed by atoms with E-state index in [4.69, 9.17) is 9.47 Å². The van der Waals surface area contributed by atoms with Crippen LogP contribution in [0.1, 0.15) is 22.3 Å². The number of likely N-dealkylation sites (N-methyl/N-ethyl adjacent to an activating group) is 1. The van der Waals surface area contributed by atoms with Crippen molar-refractivity contribution in [3.8, 4) is 17.2 Å². The van der Waals surface area contributed by atoms with Crippen LogP contribution in [0.5, 0.6) is 17.2 Å². The highest BCUT2D eigenvalue weighted by Gasteiger charge is 2.11. The maximum atomic E-state index is 12.2. The van der Waals surface area contributed by atoms with Crippen molar-refractivity contribution in [2.75, 3.05) is 40.9 Å². The van der Waals surface area contributed by atoms with Gasteiger partial charge >= 0.3 is 0 Å². The van der Waals surface area contributed by atoms with Gasteiger partial charge in [-0.25, -0.2) is 0 Å². The van der Waals surface area contributed by atoms with E-state index < -0.39 is 0 Å². The number of phenols is 1. The van der Waals surface area contributed by atoms with Crippen LogP contribution in [0.4, 0.5) is 0 Å². The molecule has 0 radical (unpaired) electrons. The Morgan fingerprint density at radius 1 is 1.11 bits per heavy atom. The average Bonchev–Trinajstić information content (AvgIpc) is 2.70. The summed E-state index contributed by atoms with van der Waals surface area (Å²) in [5.41, 5.74) is 1.46. The molecule has 0 unspecified atom stereocenters. The molecule has 0 aromatic heterocycles. The number of rotatable bonds is 10. The fraction of sp³-hybridized carbons (Fsp3) is 0.381. The molecule has 0 fully saturated rings. The Hall–Kier alpha value is -2.25. The van der Waals surface area contributed by atoms with Gasteiger partial charge in [-0.05, 0) is 62.3 Å². The molecule has 6 nitrogen and oxygen atoms in total. The molecule has 152 valence electrons. The summed E-state index contributed by atoms with van der Waals surface area (Å²) in [4.78, 5) is 14.4. The lowest BCUT2D eigenvalue weighted by molar-refractivity contribution is 0.0949. The number of ether oxygens (including phenoxy) is 2. The summed E-state index contributed by atoms with van der Waals surface area (Å²) in [5.74, 6) is 1.17. The number of nitrogens with one attached hydrogen (secondary N) is 1. The van der Waals surface area contributed by atoms with Crippen LogP contribution in [0, 0.1) is 0 Å². The number of methoxy groups -OCH3 is 2. The summed E-state index contributed by atoms with van der Waals surface area (Å²) in [7, 11) is 5.32. The van der Waals surface area contributed by atoms with Gasteiger partial charge in [0.15, 0.2) is 11.5 Å². The summed E-state index contributed by atoms with van der Waals surface area (Å²) >= 11 is 3.31. The van der Waals surface area contributed by atoms with Crippen LogP contribution in [0.15, 0.2) is 40.9 Å². The van der Waals surface area contributed by atoms with Crippen LogP contribution in [0.3, 0.4) is 0 Å². The fourth-order valence-electron chi connectivity index (χ4n) is 2.80. The molecule has 2 N–H and O–H groups in total. The molecule has 2 aromatic rings. The first-order valence-electron chi connectivity index (χ1n) is 9.10. The van der Waals surface area contributed by atoms with E-state index >= 15 is 0 Å². The Labute approximate surface area is 174 Å². The minimum atomic E-state index is -0.271. The highest BCUT2D eigenvalue weighted by molar-refractivity contribution is 9.10.